The molecule has 1 unspecified atom stereocenters. The molecule has 1 N–H and O–H groups in total. The number of hydrogen-bond acceptors (Lipinski definition) is 3. The van der Waals surface area contributed by atoms with Crippen LogP contribution in [0.3, 0.4) is 0 Å². The monoisotopic (exact) mass is 482 g/mol. The molecule has 2 aromatic carbocycles. The number of nitrogens with one attached hydrogen (secondary N) is 1. The summed E-state index contributed by atoms with van der Waals surface area (Å²) in [5.74, 6) is 0.858. The van der Waals surface area contributed by atoms with Gasteiger partial charge in [0.1, 0.15) is 6.04 Å². The van der Waals surface area contributed by atoms with Crippen molar-refractivity contribution in [3.8, 4) is 0 Å². The zero-order valence-corrected chi connectivity index (χ0v) is 19.1. The minimum absolute atomic E-state index is 0.0486. The molecule has 0 saturated carbocycles. The summed E-state index contributed by atoms with van der Waals surface area (Å²) in [5, 5.41) is 3.31. The van der Waals surface area contributed by atoms with E-state index in [1.54, 1.807) is 35.8 Å². The Bertz CT molecular complexity index is 784. The van der Waals surface area contributed by atoms with E-state index in [-0.39, 0.29) is 11.8 Å². The van der Waals surface area contributed by atoms with E-state index < -0.39 is 6.04 Å². The van der Waals surface area contributed by atoms with Crippen molar-refractivity contribution in [2.45, 2.75) is 31.7 Å². The Morgan fingerprint density at radius 3 is 2.29 bits per heavy atom. The van der Waals surface area contributed by atoms with Gasteiger partial charge in [0.2, 0.25) is 11.8 Å². The van der Waals surface area contributed by atoms with E-state index in [1.165, 1.54) is 0 Å². The van der Waals surface area contributed by atoms with Crippen LogP contribution in [0.2, 0.25) is 5.02 Å². The highest BCUT2D eigenvalue weighted by Crippen LogP contribution is 2.19. The lowest BCUT2D eigenvalue weighted by molar-refractivity contribution is -0.139. The quantitative estimate of drug-likeness (QED) is 0.552. The lowest BCUT2D eigenvalue weighted by Gasteiger charge is -2.30. The van der Waals surface area contributed by atoms with Gasteiger partial charge < -0.3 is 10.2 Å². The lowest BCUT2D eigenvalue weighted by Crippen LogP contribution is -2.48. The summed E-state index contributed by atoms with van der Waals surface area (Å²) in [6.45, 7) is 2.29. The lowest BCUT2D eigenvalue weighted by atomic mass is 10.1. The van der Waals surface area contributed by atoms with Crippen LogP contribution < -0.4 is 5.32 Å². The molecule has 0 radical (unpaired) electrons. The zero-order valence-electron chi connectivity index (χ0n) is 16.0. The third kappa shape index (κ3) is 6.83. The maximum absolute atomic E-state index is 13.0. The van der Waals surface area contributed by atoms with E-state index in [4.69, 9.17) is 11.6 Å². The first-order chi connectivity index (χ1) is 13.4. The number of carbonyl (C=O) groups is 2. The molecule has 2 aromatic rings. The summed E-state index contributed by atoms with van der Waals surface area (Å²) in [6, 6.07) is 14.9. The predicted octanol–water partition coefficient (Wildman–Crippen LogP) is 4.89. The Balaban J connectivity index is 2.07. The molecule has 0 spiro atoms. The van der Waals surface area contributed by atoms with E-state index in [0.717, 1.165) is 21.4 Å². The highest BCUT2D eigenvalue weighted by Gasteiger charge is 2.27. The smallest absolute Gasteiger partial charge is 0.242 e. The first-order valence-corrected chi connectivity index (χ1v) is 11.3. The maximum Gasteiger partial charge on any atom is 0.242 e. The van der Waals surface area contributed by atoms with Crippen LogP contribution in [0.5, 0.6) is 0 Å². The molecule has 0 aromatic heterocycles. The highest BCUT2D eigenvalue weighted by molar-refractivity contribution is 9.10. The molecule has 28 heavy (non-hydrogen) atoms. The van der Waals surface area contributed by atoms with Gasteiger partial charge in [-0.15, -0.1) is 11.8 Å². The van der Waals surface area contributed by atoms with Crippen molar-refractivity contribution in [2.24, 2.45) is 0 Å². The van der Waals surface area contributed by atoms with Crippen LogP contribution in [-0.2, 0) is 21.9 Å². The second kappa shape index (κ2) is 11.5. The van der Waals surface area contributed by atoms with Crippen molar-refractivity contribution >= 4 is 51.1 Å². The largest absolute Gasteiger partial charge is 0.357 e. The number of carbonyl (C=O) groups excluding carboxylic acids is 2. The first-order valence-electron chi connectivity index (χ1n) is 9.02. The number of amides is 2. The fourth-order valence-corrected chi connectivity index (χ4v) is 4.05. The molecule has 4 nitrogen and oxygen atoms in total. The van der Waals surface area contributed by atoms with Crippen molar-refractivity contribution < 1.29 is 9.59 Å². The molecule has 0 aliphatic heterocycles. The van der Waals surface area contributed by atoms with E-state index in [2.05, 4.69) is 21.2 Å². The van der Waals surface area contributed by atoms with Crippen LogP contribution in [0.4, 0.5) is 0 Å². The number of rotatable bonds is 9. The summed E-state index contributed by atoms with van der Waals surface area (Å²) >= 11 is 10.9. The molecule has 0 fully saturated rings. The standard InChI is InChI=1S/C21H24BrClN2O2S/c1-3-19(21(27)24-2)25(12-15-6-10-18(23)11-7-15)20(26)14-28-13-16-4-8-17(22)9-5-16/h4-11,19H,3,12-14H2,1-2H3,(H,24,27). The maximum atomic E-state index is 13.0. The molecule has 0 saturated heterocycles. The van der Waals surface area contributed by atoms with Gasteiger partial charge in [0.25, 0.3) is 0 Å². The topological polar surface area (TPSA) is 49.4 Å². The van der Waals surface area contributed by atoms with Gasteiger partial charge in [-0.05, 0) is 41.8 Å². The number of benzene rings is 2. The number of halogens is 2. The minimum atomic E-state index is -0.499. The molecule has 0 aliphatic rings. The second-order valence-electron chi connectivity index (χ2n) is 6.31. The van der Waals surface area contributed by atoms with Gasteiger partial charge in [-0.3, -0.25) is 9.59 Å². The Morgan fingerprint density at radius 1 is 1.11 bits per heavy atom. The molecule has 7 heteroatoms. The molecular weight excluding hydrogens is 460 g/mol. The summed E-state index contributed by atoms with van der Waals surface area (Å²) < 4.78 is 1.03. The van der Waals surface area contributed by atoms with Crippen molar-refractivity contribution in [3.63, 3.8) is 0 Å². The molecule has 150 valence electrons. The van der Waals surface area contributed by atoms with Gasteiger partial charge in [-0.25, -0.2) is 0 Å². The van der Waals surface area contributed by atoms with Gasteiger partial charge >= 0.3 is 0 Å². The fourth-order valence-electron chi connectivity index (χ4n) is 2.79. The van der Waals surface area contributed by atoms with E-state index in [1.807, 2.05) is 43.3 Å². The van der Waals surface area contributed by atoms with E-state index in [9.17, 15) is 9.59 Å². The third-order valence-corrected chi connectivity index (χ3v) is 6.08. The predicted molar refractivity (Wildman–Crippen MR) is 120 cm³/mol. The van der Waals surface area contributed by atoms with Crippen LogP contribution in [0, 0.1) is 0 Å². The van der Waals surface area contributed by atoms with E-state index >= 15 is 0 Å². The second-order valence-corrected chi connectivity index (χ2v) is 8.64. The van der Waals surface area contributed by atoms with Crippen LogP contribution in [-0.4, -0.2) is 35.6 Å². The average Bonchev–Trinajstić information content (AvgIpc) is 2.70. The summed E-state index contributed by atoms with van der Waals surface area (Å²) in [5.41, 5.74) is 2.10. The average molecular weight is 484 g/mol. The van der Waals surface area contributed by atoms with Crippen molar-refractivity contribution in [3.05, 3.63) is 69.2 Å². The Hall–Kier alpha value is -1.50. The van der Waals surface area contributed by atoms with Crippen LogP contribution >= 0.6 is 39.3 Å². The molecule has 1 atom stereocenters. The molecule has 0 aliphatic carbocycles. The van der Waals surface area contributed by atoms with Crippen LogP contribution in [0.25, 0.3) is 0 Å². The molecule has 2 amide bonds. The Morgan fingerprint density at radius 2 is 1.71 bits per heavy atom. The number of thioether (sulfide) groups is 1. The SMILES string of the molecule is CCC(C(=O)NC)N(Cc1ccc(Cl)cc1)C(=O)CSCc1ccc(Br)cc1. The van der Waals surface area contributed by atoms with Crippen molar-refractivity contribution in [1.29, 1.82) is 0 Å². The van der Waals surface area contributed by atoms with Crippen molar-refractivity contribution in [1.82, 2.24) is 10.2 Å². The molecule has 0 heterocycles. The van der Waals surface area contributed by atoms with Gasteiger partial charge in [-0.2, -0.15) is 0 Å². The number of hydrogen-bond donors (Lipinski definition) is 1. The van der Waals surface area contributed by atoms with E-state index in [0.29, 0.717) is 23.7 Å². The van der Waals surface area contributed by atoms with Gasteiger partial charge in [0, 0.05) is 28.8 Å². The fraction of sp³-hybridized carbons (Fsp3) is 0.333. The summed E-state index contributed by atoms with van der Waals surface area (Å²) in [7, 11) is 1.60. The molecule has 2 rings (SSSR count). The normalized spacial score (nSPS) is 11.7. The third-order valence-electron chi connectivity index (χ3n) is 4.31. The molecular formula is C21H24BrClN2O2S. The van der Waals surface area contributed by atoms with Gasteiger partial charge in [-0.1, -0.05) is 58.7 Å². The zero-order chi connectivity index (χ0) is 20.5. The summed E-state index contributed by atoms with van der Waals surface area (Å²) in [4.78, 5) is 27.0. The van der Waals surface area contributed by atoms with Gasteiger partial charge in [0.15, 0.2) is 0 Å². The highest BCUT2D eigenvalue weighted by atomic mass is 79.9. The molecule has 0 bridgehead atoms. The van der Waals surface area contributed by atoms with Crippen molar-refractivity contribution in [2.75, 3.05) is 12.8 Å². The Labute approximate surface area is 184 Å². The first kappa shape index (κ1) is 22.8. The number of likely N-dealkylation sites (N-methyl/N-ethyl adjacent to an activating group) is 1. The minimum Gasteiger partial charge on any atom is -0.357 e. The van der Waals surface area contributed by atoms with Crippen LogP contribution in [0.15, 0.2) is 53.0 Å². The Kier molecular flexibility index (Phi) is 9.35. The summed E-state index contributed by atoms with van der Waals surface area (Å²) in [6.07, 6.45) is 0.552. The van der Waals surface area contributed by atoms with Gasteiger partial charge in [0.05, 0.1) is 5.75 Å². The number of nitrogens with zero attached hydrogens (tertiary/aromatic N) is 1. The van der Waals surface area contributed by atoms with Crippen LogP contribution in [0.1, 0.15) is 24.5 Å².